The lowest BCUT2D eigenvalue weighted by Gasteiger charge is -2.44. The lowest BCUT2D eigenvalue weighted by molar-refractivity contribution is -0.658. The minimum absolute atomic E-state index is 0.819. The fourth-order valence-electron chi connectivity index (χ4n) is 6.81. The topological polar surface area (TPSA) is 3.88 Å². The number of fused-ring (bicyclic) bond motifs is 1. The van der Waals surface area contributed by atoms with Crippen molar-refractivity contribution >= 4 is 61.2 Å². The highest BCUT2D eigenvalue weighted by Crippen LogP contribution is 2.31. The third kappa shape index (κ3) is 6.88. The van der Waals surface area contributed by atoms with Crippen molar-refractivity contribution in [3.05, 3.63) is 181 Å². The van der Waals surface area contributed by atoms with E-state index in [1.54, 1.807) is 11.3 Å². The summed E-state index contributed by atoms with van der Waals surface area (Å²) in [7, 11) is 0. The third-order valence-corrected chi connectivity index (χ3v) is 10.7. The lowest BCUT2D eigenvalue weighted by Crippen LogP contribution is -2.81. The summed E-state index contributed by atoms with van der Waals surface area (Å²) < 4.78 is 297. The number of aromatic nitrogens is 1. The largest absolute Gasteiger partial charge is 0.242 e. The number of hydrogen-bond acceptors (Lipinski definition) is 1. The van der Waals surface area contributed by atoms with Crippen molar-refractivity contribution in [2.24, 2.45) is 0 Å². The zero-order valence-corrected chi connectivity index (χ0v) is 30.8. The van der Waals surface area contributed by atoms with Crippen molar-refractivity contribution in [3.63, 3.8) is 0 Å². The monoisotopic (exact) mass is 939 g/mol. The second kappa shape index (κ2) is 16.8. The molecule has 7 rings (SSSR count). The van der Waals surface area contributed by atoms with Gasteiger partial charge in [0.2, 0.25) is 11.0 Å². The normalized spacial score (nSPS) is 11.7. The number of para-hydroxylation sites is 1. The van der Waals surface area contributed by atoms with Crippen LogP contribution >= 0.6 is 22.9 Å². The predicted molar refractivity (Wildman–Crippen MR) is 182 cm³/mol. The average Bonchev–Trinajstić information content (AvgIpc) is 3.67. The Bertz CT molecular complexity index is 2580. The van der Waals surface area contributed by atoms with Crippen molar-refractivity contribution < 1.29 is 92.4 Å². The van der Waals surface area contributed by atoms with Gasteiger partial charge in [0, 0.05) is 5.56 Å². The van der Waals surface area contributed by atoms with E-state index >= 15 is 35.1 Å². The number of rotatable bonds is 6. The highest BCUT2D eigenvalue weighted by Gasteiger charge is 2.52. The molecule has 0 aliphatic rings. The molecule has 0 unspecified atom stereocenters. The Morgan fingerprint density at radius 2 is 0.661 bits per heavy atom. The smallest absolute Gasteiger partial charge is 0.207 e. The van der Waals surface area contributed by atoms with Gasteiger partial charge in [-0.1, -0.05) is 59.3 Å². The summed E-state index contributed by atoms with van der Waals surface area (Å²) in [4.78, 5) is 0. The van der Waals surface area contributed by atoms with Crippen LogP contribution in [-0.2, 0) is 6.54 Å². The van der Waals surface area contributed by atoms with Crippen LogP contribution in [0, 0.1) is 116 Å². The maximum atomic E-state index is 15.4. The van der Waals surface area contributed by atoms with E-state index in [1.807, 2.05) is 18.2 Å². The van der Waals surface area contributed by atoms with Crippen molar-refractivity contribution in [3.8, 4) is 0 Å². The first-order valence-electron chi connectivity index (χ1n) is 16.4. The molecule has 0 aliphatic carbocycles. The molecule has 0 atom stereocenters. The maximum absolute atomic E-state index is 15.4. The number of halogens is 21. The van der Waals surface area contributed by atoms with Crippen molar-refractivity contribution in [2.75, 3.05) is 0 Å². The molecule has 0 amide bonds. The van der Waals surface area contributed by atoms with Crippen LogP contribution in [0.2, 0.25) is 5.02 Å². The number of nitrogens with zero attached hydrogens (tertiary/aromatic N) is 1. The van der Waals surface area contributed by atoms with Gasteiger partial charge in [-0.15, -0.1) is 21.9 Å². The summed E-state index contributed by atoms with van der Waals surface area (Å²) >= 11 is 7.98. The molecule has 324 valence electrons. The van der Waals surface area contributed by atoms with E-state index in [0.29, 0.717) is 0 Å². The highest BCUT2D eigenvalue weighted by atomic mass is 35.5. The number of benzene rings is 6. The summed E-state index contributed by atoms with van der Waals surface area (Å²) in [5.41, 5.74) is -9.78. The Morgan fingerprint density at radius 3 is 0.968 bits per heavy atom. The van der Waals surface area contributed by atoms with Crippen LogP contribution in [-0.4, -0.2) is 6.15 Å². The molecule has 0 radical (unpaired) electrons. The first-order chi connectivity index (χ1) is 29.0. The van der Waals surface area contributed by atoms with E-state index in [-0.39, 0.29) is 0 Å². The fourth-order valence-corrected chi connectivity index (χ4v) is 8.07. The van der Waals surface area contributed by atoms with Gasteiger partial charge in [-0.2, -0.15) is 4.57 Å². The molecular weight excluding hydrogens is 929 g/mol. The molecule has 1 heterocycles. The van der Waals surface area contributed by atoms with Gasteiger partial charge in [0.05, 0.1) is 0 Å². The quantitative estimate of drug-likeness (QED) is 0.0515. The van der Waals surface area contributed by atoms with Crippen molar-refractivity contribution in [2.45, 2.75) is 6.54 Å². The summed E-state index contributed by atoms with van der Waals surface area (Å²) in [6, 6.07) is 16.5. The van der Waals surface area contributed by atoms with Crippen LogP contribution in [0.5, 0.6) is 0 Å². The first kappa shape index (κ1) is 45.7. The maximum Gasteiger partial charge on any atom is 0.242 e. The minimum atomic E-state index is -7.22. The van der Waals surface area contributed by atoms with Gasteiger partial charge >= 0.3 is 0 Å². The van der Waals surface area contributed by atoms with E-state index < -0.39 is 144 Å². The molecule has 0 N–H and O–H groups in total. The molecule has 0 saturated carbocycles. The van der Waals surface area contributed by atoms with Crippen LogP contribution in [0.4, 0.5) is 87.8 Å². The second-order valence-electron chi connectivity index (χ2n) is 12.7. The summed E-state index contributed by atoms with van der Waals surface area (Å²) in [5.74, 6) is -71.4. The van der Waals surface area contributed by atoms with E-state index in [1.165, 1.54) is 10.3 Å². The van der Waals surface area contributed by atoms with Gasteiger partial charge in [0.15, 0.2) is 76.4 Å². The van der Waals surface area contributed by atoms with Crippen LogP contribution < -0.4 is 26.4 Å². The van der Waals surface area contributed by atoms with Crippen LogP contribution in [0.25, 0.3) is 10.2 Å². The third-order valence-electron chi connectivity index (χ3n) is 9.45. The second-order valence-corrected chi connectivity index (χ2v) is 14.0. The zero-order valence-electron chi connectivity index (χ0n) is 29.3. The number of hydrogen-bond donors (Lipinski definition) is 0. The molecule has 1 aromatic heterocycles. The summed E-state index contributed by atoms with van der Waals surface area (Å²) in [5, 5.41) is 0.819. The van der Waals surface area contributed by atoms with Gasteiger partial charge in [-0.05, 0) is 12.1 Å². The molecule has 7 aromatic rings. The first-order valence-corrected chi connectivity index (χ1v) is 17.6. The number of thiazole rings is 1. The van der Waals surface area contributed by atoms with Crippen LogP contribution in [0.15, 0.2) is 54.0 Å². The summed E-state index contributed by atoms with van der Waals surface area (Å²) in [6.45, 7) is 0.866. The Kier molecular flexibility index (Phi) is 12.4. The Morgan fingerprint density at radius 1 is 0.371 bits per heavy atom. The highest BCUT2D eigenvalue weighted by molar-refractivity contribution is 7.20. The van der Waals surface area contributed by atoms with Gasteiger partial charge in [0.1, 0.15) is 62.4 Å². The van der Waals surface area contributed by atoms with E-state index in [4.69, 9.17) is 11.6 Å². The molecule has 0 bridgehead atoms. The zero-order chi connectivity index (χ0) is 46.0. The fraction of sp³-hybridized carbons (Fsp3) is 0.0263. The molecule has 0 saturated heterocycles. The van der Waals surface area contributed by atoms with Gasteiger partial charge in [0.25, 0.3) is 0 Å². The van der Waals surface area contributed by atoms with Crippen molar-refractivity contribution in [1.29, 1.82) is 0 Å². The van der Waals surface area contributed by atoms with Gasteiger partial charge in [-0.25, -0.2) is 87.8 Å². The van der Waals surface area contributed by atoms with E-state index in [2.05, 4.69) is 40.4 Å². The Balaban J connectivity index is 0.000000311. The van der Waals surface area contributed by atoms with Gasteiger partial charge < -0.3 is 0 Å². The van der Waals surface area contributed by atoms with Crippen LogP contribution in [0.1, 0.15) is 5.56 Å². The van der Waals surface area contributed by atoms with Crippen molar-refractivity contribution in [1.82, 2.24) is 0 Å². The molecule has 0 fully saturated rings. The molecule has 0 aliphatic heterocycles. The molecule has 0 spiro atoms. The standard InChI is InChI=1S/C24BF20.C14H11ClNS/c26-5-1(6(27)14(35)21(42)13(5)34)25(2-7(28)15(36)22(43)16(37)8(2)29,3-9(30)17(38)23(44)18(39)10(3)31)4-11(32)19(40)24(45)20(41)12(4)33;15-12-7-4-8-13-14(12)16(10-17-13)9-11-5-2-1-3-6-11/h;1-8,10H,9H2/q-1;+1. The average molecular weight is 940 g/mol. The summed E-state index contributed by atoms with van der Waals surface area (Å²) in [6.07, 6.45) is -7.22. The molecule has 6 aromatic carbocycles. The minimum Gasteiger partial charge on any atom is -0.207 e. The van der Waals surface area contributed by atoms with Gasteiger partial charge in [-0.3, -0.25) is 0 Å². The molecule has 62 heavy (non-hydrogen) atoms. The molecule has 1 nitrogen and oxygen atoms in total. The van der Waals surface area contributed by atoms with E-state index in [9.17, 15) is 52.7 Å². The van der Waals surface area contributed by atoms with Crippen LogP contribution in [0.3, 0.4) is 0 Å². The molecular formula is C38H11BClF20NS. The van der Waals surface area contributed by atoms with E-state index in [0.717, 1.165) is 17.1 Å². The lowest BCUT2D eigenvalue weighted by atomic mass is 9.12. The Labute approximate surface area is 340 Å². The molecule has 24 heteroatoms. The SMILES string of the molecule is Clc1cccc2sc[n+](Cc3ccccc3)c12.Fc1c(F)c(F)c([B-](c2c(F)c(F)c(F)c(F)c2F)(c2c(F)c(F)c(F)c(F)c2F)c2c(F)c(F)c(F)c(F)c2F)c(F)c1F. The predicted octanol–water partition coefficient (Wildman–Crippen LogP) is 9.74. The Hall–Kier alpha value is -5.84.